The van der Waals surface area contributed by atoms with Crippen LogP contribution in [0, 0.1) is 0 Å². The molecule has 0 aliphatic heterocycles. The minimum atomic E-state index is -0.490. The Balaban J connectivity index is 1.83. The minimum Gasteiger partial charge on any atom is -0.497 e. The molecule has 0 aromatic heterocycles. The number of carbonyl (C=O) groups is 2. The van der Waals surface area contributed by atoms with Gasteiger partial charge in [-0.15, -0.1) is 0 Å². The highest BCUT2D eigenvalue weighted by Gasteiger charge is 2.12. The summed E-state index contributed by atoms with van der Waals surface area (Å²) >= 11 is 0. The van der Waals surface area contributed by atoms with E-state index < -0.39 is 11.9 Å². The van der Waals surface area contributed by atoms with E-state index in [1.165, 1.54) is 14.2 Å². The van der Waals surface area contributed by atoms with Gasteiger partial charge in [0, 0.05) is 6.07 Å². The standard InChI is InChI=1S/C20H23NO6/c1-4-26-15-7-5-14(6-8-15)11-20(23)27-13-19(22)21-17-10-9-16(24-2)12-18(17)25-3/h5-10,12H,4,11,13H2,1-3H3,(H,21,22). The van der Waals surface area contributed by atoms with Crippen LogP contribution in [0.2, 0.25) is 0 Å². The molecule has 0 aliphatic carbocycles. The summed E-state index contributed by atoms with van der Waals surface area (Å²) in [5, 5.41) is 2.64. The van der Waals surface area contributed by atoms with Gasteiger partial charge in [-0.05, 0) is 36.8 Å². The maximum atomic E-state index is 12.0. The van der Waals surface area contributed by atoms with Gasteiger partial charge >= 0.3 is 5.97 Å². The third kappa shape index (κ3) is 6.22. The normalized spacial score (nSPS) is 10.0. The molecule has 27 heavy (non-hydrogen) atoms. The summed E-state index contributed by atoms with van der Waals surface area (Å²) in [5.41, 5.74) is 1.24. The Morgan fingerprint density at radius 3 is 2.30 bits per heavy atom. The first-order chi connectivity index (χ1) is 13.0. The molecule has 0 bridgehead atoms. The van der Waals surface area contributed by atoms with Crippen LogP contribution >= 0.6 is 0 Å². The molecule has 0 radical (unpaired) electrons. The summed E-state index contributed by atoms with van der Waals surface area (Å²) in [7, 11) is 3.03. The van der Waals surface area contributed by atoms with Crippen molar-refractivity contribution in [3.05, 3.63) is 48.0 Å². The lowest BCUT2D eigenvalue weighted by Crippen LogP contribution is -2.22. The number of anilines is 1. The Kier molecular flexibility index (Phi) is 7.49. The van der Waals surface area contributed by atoms with Crippen LogP contribution in [0.15, 0.2) is 42.5 Å². The van der Waals surface area contributed by atoms with Crippen molar-refractivity contribution in [3.8, 4) is 17.2 Å². The van der Waals surface area contributed by atoms with Gasteiger partial charge in [-0.25, -0.2) is 0 Å². The smallest absolute Gasteiger partial charge is 0.310 e. The van der Waals surface area contributed by atoms with E-state index in [2.05, 4.69) is 5.32 Å². The maximum Gasteiger partial charge on any atom is 0.310 e. The van der Waals surface area contributed by atoms with Gasteiger partial charge in [0.15, 0.2) is 6.61 Å². The van der Waals surface area contributed by atoms with E-state index in [0.29, 0.717) is 23.8 Å². The lowest BCUT2D eigenvalue weighted by molar-refractivity contribution is -0.146. The average molecular weight is 373 g/mol. The van der Waals surface area contributed by atoms with Crippen LogP contribution in [0.4, 0.5) is 5.69 Å². The number of amides is 1. The van der Waals surface area contributed by atoms with Gasteiger partial charge in [0.25, 0.3) is 5.91 Å². The van der Waals surface area contributed by atoms with Crippen molar-refractivity contribution in [1.82, 2.24) is 0 Å². The van der Waals surface area contributed by atoms with E-state index in [0.717, 1.165) is 11.3 Å². The van der Waals surface area contributed by atoms with Gasteiger partial charge in [-0.3, -0.25) is 9.59 Å². The fourth-order valence-electron chi connectivity index (χ4n) is 2.32. The molecule has 0 unspecified atom stereocenters. The third-order valence-corrected chi connectivity index (χ3v) is 3.63. The van der Waals surface area contributed by atoms with E-state index >= 15 is 0 Å². The van der Waals surface area contributed by atoms with E-state index in [4.69, 9.17) is 18.9 Å². The molecule has 0 saturated carbocycles. The number of methoxy groups -OCH3 is 2. The zero-order valence-electron chi connectivity index (χ0n) is 15.6. The van der Waals surface area contributed by atoms with Crippen molar-refractivity contribution in [2.75, 3.05) is 32.8 Å². The predicted octanol–water partition coefficient (Wildman–Crippen LogP) is 2.83. The third-order valence-electron chi connectivity index (χ3n) is 3.63. The number of hydrogen-bond donors (Lipinski definition) is 1. The highest BCUT2D eigenvalue weighted by atomic mass is 16.5. The van der Waals surface area contributed by atoms with Gasteiger partial charge in [0.1, 0.15) is 17.2 Å². The van der Waals surface area contributed by atoms with Crippen LogP contribution in [0.3, 0.4) is 0 Å². The second-order valence-electron chi connectivity index (χ2n) is 5.53. The number of hydrogen-bond acceptors (Lipinski definition) is 6. The van der Waals surface area contributed by atoms with Crippen LogP contribution in [0.1, 0.15) is 12.5 Å². The molecule has 0 fully saturated rings. The van der Waals surface area contributed by atoms with E-state index in [9.17, 15) is 9.59 Å². The molecule has 0 saturated heterocycles. The lowest BCUT2D eigenvalue weighted by Gasteiger charge is -2.12. The quantitative estimate of drug-likeness (QED) is 0.681. The van der Waals surface area contributed by atoms with Gasteiger partial charge in [-0.2, -0.15) is 0 Å². The van der Waals surface area contributed by atoms with Crippen LogP contribution in [-0.4, -0.2) is 39.3 Å². The molecule has 1 N–H and O–H groups in total. The second-order valence-corrected chi connectivity index (χ2v) is 5.53. The van der Waals surface area contributed by atoms with Crippen molar-refractivity contribution >= 4 is 17.6 Å². The highest BCUT2D eigenvalue weighted by molar-refractivity contribution is 5.94. The van der Waals surface area contributed by atoms with Gasteiger partial charge in [0.05, 0.1) is 32.9 Å². The average Bonchev–Trinajstić information content (AvgIpc) is 2.68. The number of esters is 1. The van der Waals surface area contributed by atoms with Crippen molar-refractivity contribution in [2.24, 2.45) is 0 Å². The highest BCUT2D eigenvalue weighted by Crippen LogP contribution is 2.28. The number of carbonyl (C=O) groups excluding carboxylic acids is 2. The van der Waals surface area contributed by atoms with Crippen LogP contribution in [0.25, 0.3) is 0 Å². The molecule has 7 heteroatoms. The van der Waals surface area contributed by atoms with Crippen molar-refractivity contribution in [1.29, 1.82) is 0 Å². The van der Waals surface area contributed by atoms with Crippen LogP contribution in [-0.2, 0) is 20.7 Å². The van der Waals surface area contributed by atoms with E-state index in [1.807, 2.05) is 6.92 Å². The molecule has 0 aliphatic rings. The Morgan fingerprint density at radius 2 is 1.67 bits per heavy atom. The Morgan fingerprint density at radius 1 is 0.963 bits per heavy atom. The monoisotopic (exact) mass is 373 g/mol. The summed E-state index contributed by atoms with van der Waals surface area (Å²) in [4.78, 5) is 23.9. The molecule has 0 spiro atoms. The zero-order valence-corrected chi connectivity index (χ0v) is 15.6. The minimum absolute atomic E-state index is 0.0749. The van der Waals surface area contributed by atoms with E-state index in [1.54, 1.807) is 42.5 Å². The number of benzene rings is 2. The lowest BCUT2D eigenvalue weighted by atomic mass is 10.1. The molecule has 7 nitrogen and oxygen atoms in total. The second kappa shape index (κ2) is 10.1. The largest absolute Gasteiger partial charge is 0.497 e. The van der Waals surface area contributed by atoms with Crippen LogP contribution in [0.5, 0.6) is 17.2 Å². The number of ether oxygens (including phenoxy) is 4. The summed E-state index contributed by atoms with van der Waals surface area (Å²) in [5.74, 6) is 0.840. The fourth-order valence-corrected chi connectivity index (χ4v) is 2.32. The summed E-state index contributed by atoms with van der Waals surface area (Å²) in [6.45, 7) is 2.10. The van der Waals surface area contributed by atoms with Crippen molar-refractivity contribution in [3.63, 3.8) is 0 Å². The number of rotatable bonds is 9. The maximum absolute atomic E-state index is 12.0. The molecule has 2 rings (SSSR count). The first-order valence-electron chi connectivity index (χ1n) is 8.45. The molecule has 1 amide bonds. The molecule has 0 atom stereocenters. The fraction of sp³-hybridized carbons (Fsp3) is 0.300. The summed E-state index contributed by atoms with van der Waals surface area (Å²) < 4.78 is 20.7. The zero-order chi connectivity index (χ0) is 19.6. The van der Waals surface area contributed by atoms with Crippen molar-refractivity contribution < 1.29 is 28.5 Å². The molecule has 0 heterocycles. The SMILES string of the molecule is CCOc1ccc(CC(=O)OCC(=O)Nc2ccc(OC)cc2OC)cc1. The summed E-state index contributed by atoms with van der Waals surface area (Å²) in [6.07, 6.45) is 0.0749. The van der Waals surface area contributed by atoms with Gasteiger partial charge in [0.2, 0.25) is 0 Å². The molecule has 144 valence electrons. The topological polar surface area (TPSA) is 83.1 Å². The molecule has 2 aromatic carbocycles. The Labute approximate surface area is 158 Å². The predicted molar refractivity (Wildman–Crippen MR) is 100 cm³/mol. The Hall–Kier alpha value is -3.22. The van der Waals surface area contributed by atoms with Crippen LogP contribution < -0.4 is 19.5 Å². The van der Waals surface area contributed by atoms with E-state index in [-0.39, 0.29) is 13.0 Å². The van der Waals surface area contributed by atoms with Gasteiger partial charge < -0.3 is 24.3 Å². The first kappa shape index (κ1) is 20.1. The molecule has 2 aromatic rings. The van der Waals surface area contributed by atoms with Gasteiger partial charge in [-0.1, -0.05) is 12.1 Å². The molecular formula is C20H23NO6. The number of nitrogens with one attached hydrogen (secondary N) is 1. The molecular weight excluding hydrogens is 350 g/mol. The first-order valence-corrected chi connectivity index (χ1v) is 8.45. The van der Waals surface area contributed by atoms with Crippen molar-refractivity contribution in [2.45, 2.75) is 13.3 Å². The Bertz CT molecular complexity index is 773. The summed E-state index contributed by atoms with van der Waals surface area (Å²) in [6, 6.07) is 12.1.